The number of carbonyl (C=O) groups excluding carboxylic acids is 1. The Bertz CT molecular complexity index is 1000. The van der Waals surface area contributed by atoms with Crippen LogP contribution in [0.2, 0.25) is 0 Å². The molecule has 5 heteroatoms. The lowest BCUT2D eigenvalue weighted by molar-refractivity contribution is 0.0555. The Morgan fingerprint density at radius 1 is 1.21 bits per heavy atom. The molecule has 1 amide bonds. The van der Waals surface area contributed by atoms with Crippen LogP contribution in [0.4, 0.5) is 0 Å². The van der Waals surface area contributed by atoms with E-state index in [0.717, 1.165) is 46.0 Å². The fourth-order valence-electron chi connectivity index (χ4n) is 4.48. The van der Waals surface area contributed by atoms with Gasteiger partial charge in [-0.2, -0.15) is 0 Å². The highest BCUT2D eigenvalue weighted by atomic mass is 79.9. The predicted octanol–water partition coefficient (Wildman–Crippen LogP) is 6.03. The molecule has 0 unspecified atom stereocenters. The summed E-state index contributed by atoms with van der Waals surface area (Å²) in [5, 5.41) is 0. The van der Waals surface area contributed by atoms with Crippen LogP contribution < -0.4 is 0 Å². The number of carbonyl (C=O) groups is 1. The quantitative estimate of drug-likeness (QED) is 0.472. The number of pyridine rings is 1. The van der Waals surface area contributed by atoms with Crippen molar-refractivity contribution in [3.05, 3.63) is 64.4 Å². The van der Waals surface area contributed by atoms with Gasteiger partial charge in [0.25, 0.3) is 5.91 Å². The topological polar surface area (TPSA) is 38.1 Å². The fourth-order valence-corrected chi connectivity index (χ4v) is 4.99. The SMILES string of the molecule is CC(C)N(C(=O)c1ccc(Cn2ccc3ncccc32)c(Br)c1)C1CCCCC1. The van der Waals surface area contributed by atoms with Crippen molar-refractivity contribution in [2.75, 3.05) is 0 Å². The van der Waals surface area contributed by atoms with Crippen molar-refractivity contribution in [3.8, 4) is 0 Å². The standard InChI is InChI=1S/C24H28BrN3O/c1-17(2)28(20-7-4-3-5-8-20)24(29)18-10-11-19(21(25)15-18)16-27-14-12-22-23(27)9-6-13-26-22/h6,9-15,17,20H,3-5,7-8,16H2,1-2H3. The van der Waals surface area contributed by atoms with E-state index < -0.39 is 0 Å². The molecule has 1 aliphatic rings. The third kappa shape index (κ3) is 4.25. The van der Waals surface area contributed by atoms with E-state index in [0.29, 0.717) is 6.04 Å². The van der Waals surface area contributed by atoms with Crippen LogP contribution in [0.5, 0.6) is 0 Å². The van der Waals surface area contributed by atoms with Gasteiger partial charge < -0.3 is 9.47 Å². The third-order valence-corrected chi connectivity index (χ3v) is 6.68. The zero-order valence-electron chi connectivity index (χ0n) is 17.1. The van der Waals surface area contributed by atoms with Gasteiger partial charge in [-0.15, -0.1) is 0 Å². The first-order valence-corrected chi connectivity index (χ1v) is 11.3. The highest BCUT2D eigenvalue weighted by Crippen LogP contribution is 2.28. The first kappa shape index (κ1) is 20.1. The summed E-state index contributed by atoms with van der Waals surface area (Å²) >= 11 is 3.71. The molecule has 0 bridgehead atoms. The number of nitrogens with zero attached hydrogens (tertiary/aromatic N) is 3. The molecule has 0 saturated heterocycles. The lowest BCUT2D eigenvalue weighted by Crippen LogP contribution is -2.45. The molecule has 4 rings (SSSR count). The zero-order valence-corrected chi connectivity index (χ0v) is 18.7. The van der Waals surface area contributed by atoms with Gasteiger partial charge in [0.2, 0.25) is 0 Å². The molecular weight excluding hydrogens is 426 g/mol. The van der Waals surface area contributed by atoms with Crippen molar-refractivity contribution in [2.24, 2.45) is 0 Å². The summed E-state index contributed by atoms with van der Waals surface area (Å²) in [5.41, 5.74) is 4.02. The van der Waals surface area contributed by atoms with Crippen molar-refractivity contribution in [1.82, 2.24) is 14.5 Å². The maximum Gasteiger partial charge on any atom is 0.254 e. The molecular formula is C24H28BrN3O. The summed E-state index contributed by atoms with van der Waals surface area (Å²) in [6, 6.07) is 12.7. The molecule has 0 radical (unpaired) electrons. The average Bonchev–Trinajstić information content (AvgIpc) is 3.13. The molecule has 3 aromatic rings. The Balaban J connectivity index is 1.56. The van der Waals surface area contributed by atoms with Crippen molar-refractivity contribution in [2.45, 2.75) is 64.6 Å². The van der Waals surface area contributed by atoms with Gasteiger partial charge in [0.1, 0.15) is 0 Å². The predicted molar refractivity (Wildman–Crippen MR) is 121 cm³/mol. The van der Waals surface area contributed by atoms with E-state index in [9.17, 15) is 4.79 Å². The van der Waals surface area contributed by atoms with E-state index in [-0.39, 0.29) is 11.9 Å². The lowest BCUT2D eigenvalue weighted by atomic mass is 9.92. The molecule has 0 atom stereocenters. The summed E-state index contributed by atoms with van der Waals surface area (Å²) in [5.74, 6) is 0.148. The number of aromatic nitrogens is 2. The number of fused-ring (bicyclic) bond motifs is 1. The van der Waals surface area contributed by atoms with Gasteiger partial charge >= 0.3 is 0 Å². The van der Waals surface area contributed by atoms with Crippen LogP contribution in [0.3, 0.4) is 0 Å². The Labute approximate surface area is 181 Å². The van der Waals surface area contributed by atoms with Gasteiger partial charge in [-0.05, 0) is 62.6 Å². The molecule has 29 heavy (non-hydrogen) atoms. The minimum atomic E-state index is 0.148. The summed E-state index contributed by atoms with van der Waals surface area (Å²) in [6.07, 6.45) is 9.87. The van der Waals surface area contributed by atoms with Crippen LogP contribution in [-0.4, -0.2) is 32.4 Å². The Kier molecular flexibility index (Phi) is 6.04. The summed E-state index contributed by atoms with van der Waals surface area (Å²) in [7, 11) is 0. The normalized spacial score (nSPS) is 15.2. The monoisotopic (exact) mass is 453 g/mol. The van der Waals surface area contributed by atoms with E-state index in [1.807, 2.05) is 30.5 Å². The number of benzene rings is 1. The Morgan fingerprint density at radius 3 is 2.72 bits per heavy atom. The largest absolute Gasteiger partial charge is 0.342 e. The molecule has 4 nitrogen and oxygen atoms in total. The van der Waals surface area contributed by atoms with Crippen LogP contribution >= 0.6 is 15.9 Å². The molecule has 1 aromatic carbocycles. The number of rotatable bonds is 5. The minimum Gasteiger partial charge on any atom is -0.342 e. The average molecular weight is 454 g/mol. The molecule has 1 fully saturated rings. The molecule has 152 valence electrons. The zero-order chi connectivity index (χ0) is 20.4. The van der Waals surface area contributed by atoms with Crippen molar-refractivity contribution >= 4 is 32.9 Å². The fraction of sp³-hybridized carbons (Fsp3) is 0.417. The minimum absolute atomic E-state index is 0.148. The van der Waals surface area contributed by atoms with Gasteiger partial charge in [0.05, 0.1) is 11.0 Å². The van der Waals surface area contributed by atoms with Gasteiger partial charge in [-0.25, -0.2) is 0 Å². The molecule has 0 aliphatic heterocycles. The van der Waals surface area contributed by atoms with Crippen molar-refractivity contribution in [3.63, 3.8) is 0 Å². The number of hydrogen-bond donors (Lipinski definition) is 0. The van der Waals surface area contributed by atoms with Gasteiger partial charge in [-0.1, -0.05) is 41.3 Å². The van der Waals surface area contributed by atoms with E-state index in [4.69, 9.17) is 0 Å². The maximum absolute atomic E-state index is 13.3. The number of hydrogen-bond acceptors (Lipinski definition) is 2. The van der Waals surface area contributed by atoms with E-state index in [1.54, 1.807) is 0 Å². The Hall–Kier alpha value is -2.14. The van der Waals surface area contributed by atoms with E-state index in [2.05, 4.69) is 62.6 Å². The maximum atomic E-state index is 13.3. The smallest absolute Gasteiger partial charge is 0.254 e. The van der Waals surface area contributed by atoms with Crippen LogP contribution in [0, 0.1) is 0 Å². The molecule has 0 spiro atoms. The lowest BCUT2D eigenvalue weighted by Gasteiger charge is -2.37. The van der Waals surface area contributed by atoms with Crippen LogP contribution in [0.1, 0.15) is 61.9 Å². The first-order chi connectivity index (χ1) is 14.0. The molecule has 2 aromatic heterocycles. The van der Waals surface area contributed by atoms with E-state index >= 15 is 0 Å². The van der Waals surface area contributed by atoms with Gasteiger partial charge in [-0.3, -0.25) is 9.78 Å². The van der Waals surface area contributed by atoms with Crippen LogP contribution in [0.25, 0.3) is 11.0 Å². The summed E-state index contributed by atoms with van der Waals surface area (Å²) in [4.78, 5) is 19.8. The van der Waals surface area contributed by atoms with Crippen molar-refractivity contribution in [1.29, 1.82) is 0 Å². The third-order valence-electron chi connectivity index (χ3n) is 5.94. The van der Waals surface area contributed by atoms with Gasteiger partial charge in [0.15, 0.2) is 0 Å². The van der Waals surface area contributed by atoms with Crippen molar-refractivity contribution < 1.29 is 4.79 Å². The second-order valence-corrected chi connectivity index (χ2v) is 9.11. The van der Waals surface area contributed by atoms with Crippen LogP contribution in [0.15, 0.2) is 53.3 Å². The molecule has 0 N–H and O–H groups in total. The summed E-state index contributed by atoms with van der Waals surface area (Å²) in [6.45, 7) is 4.99. The number of halogens is 1. The highest BCUT2D eigenvalue weighted by molar-refractivity contribution is 9.10. The number of amides is 1. The summed E-state index contributed by atoms with van der Waals surface area (Å²) < 4.78 is 3.16. The van der Waals surface area contributed by atoms with Gasteiger partial charge in [0, 0.05) is 41.1 Å². The first-order valence-electron chi connectivity index (χ1n) is 10.6. The second kappa shape index (κ2) is 8.70. The Morgan fingerprint density at radius 2 is 2.00 bits per heavy atom. The highest BCUT2D eigenvalue weighted by Gasteiger charge is 2.28. The molecule has 1 aliphatic carbocycles. The molecule has 1 saturated carbocycles. The van der Waals surface area contributed by atoms with Crippen LogP contribution in [-0.2, 0) is 6.54 Å². The molecule has 2 heterocycles. The van der Waals surface area contributed by atoms with E-state index in [1.165, 1.54) is 19.3 Å². The second-order valence-electron chi connectivity index (χ2n) is 8.26.